The van der Waals surface area contributed by atoms with Gasteiger partial charge >= 0.3 is 0 Å². The second-order valence-corrected chi connectivity index (χ2v) is 8.52. The van der Waals surface area contributed by atoms with Gasteiger partial charge in [-0.2, -0.15) is 0 Å². The van der Waals surface area contributed by atoms with Crippen LogP contribution in [0.25, 0.3) is 0 Å². The molecule has 0 radical (unpaired) electrons. The van der Waals surface area contributed by atoms with E-state index in [1.807, 2.05) is 6.07 Å². The van der Waals surface area contributed by atoms with Crippen LogP contribution in [0.15, 0.2) is 24.4 Å². The Balaban J connectivity index is 1.87. The summed E-state index contributed by atoms with van der Waals surface area (Å²) in [5.41, 5.74) is 0. The molecule has 2 fully saturated rings. The minimum absolute atomic E-state index is 0.0130. The molecular weight excluding hydrogens is 300 g/mol. The Hall–Kier alpha value is -1.43. The van der Waals surface area contributed by atoms with Gasteiger partial charge < -0.3 is 0 Å². The van der Waals surface area contributed by atoms with Crippen molar-refractivity contribution in [1.82, 2.24) is 4.98 Å². The number of nitrogens with zero attached hydrogens (tertiary/aromatic N) is 2. The van der Waals surface area contributed by atoms with Crippen LogP contribution in [0.5, 0.6) is 0 Å². The van der Waals surface area contributed by atoms with Gasteiger partial charge in [0, 0.05) is 12.1 Å². The molecule has 6 heteroatoms. The first-order valence-electron chi connectivity index (χ1n) is 8.01. The predicted molar refractivity (Wildman–Crippen MR) is 85.4 cm³/mol. The summed E-state index contributed by atoms with van der Waals surface area (Å²) in [4.78, 5) is 19.0. The van der Waals surface area contributed by atoms with E-state index in [4.69, 9.17) is 0 Å². The fourth-order valence-corrected chi connectivity index (χ4v) is 5.20. The molecular formula is C16H22N2O3S. The van der Waals surface area contributed by atoms with Gasteiger partial charge in [0.15, 0.2) is 9.84 Å². The second kappa shape index (κ2) is 6.36. The first-order chi connectivity index (χ1) is 10.6. The number of sulfone groups is 1. The van der Waals surface area contributed by atoms with Crippen LogP contribution in [-0.2, 0) is 14.6 Å². The van der Waals surface area contributed by atoms with Gasteiger partial charge in [-0.25, -0.2) is 13.4 Å². The van der Waals surface area contributed by atoms with Gasteiger partial charge in [0.25, 0.3) is 0 Å². The molecule has 1 unspecified atom stereocenters. The number of carbonyl (C=O) groups excluding carboxylic acids is 1. The van der Waals surface area contributed by atoms with Crippen molar-refractivity contribution in [3.05, 3.63) is 24.4 Å². The highest BCUT2D eigenvalue weighted by Gasteiger charge is 2.38. The van der Waals surface area contributed by atoms with Crippen molar-refractivity contribution >= 4 is 21.6 Å². The summed E-state index contributed by atoms with van der Waals surface area (Å²) < 4.78 is 23.6. The molecule has 120 valence electrons. The molecule has 1 aliphatic heterocycles. The molecule has 22 heavy (non-hydrogen) atoms. The fraction of sp³-hybridized carbons (Fsp3) is 0.625. The maximum Gasteiger partial charge on any atom is 0.231 e. The zero-order valence-electron chi connectivity index (χ0n) is 12.6. The number of carbonyl (C=O) groups is 1. The highest BCUT2D eigenvalue weighted by molar-refractivity contribution is 7.91. The Morgan fingerprint density at radius 1 is 1.14 bits per heavy atom. The maximum atomic E-state index is 13.0. The van der Waals surface area contributed by atoms with Gasteiger partial charge in [-0.05, 0) is 31.4 Å². The summed E-state index contributed by atoms with van der Waals surface area (Å²) in [6.45, 7) is 0. The highest BCUT2D eigenvalue weighted by Crippen LogP contribution is 2.30. The van der Waals surface area contributed by atoms with Crippen molar-refractivity contribution in [2.45, 2.75) is 44.6 Å². The van der Waals surface area contributed by atoms with Crippen LogP contribution < -0.4 is 4.90 Å². The lowest BCUT2D eigenvalue weighted by atomic mass is 9.88. The lowest BCUT2D eigenvalue weighted by Gasteiger charge is -2.32. The third kappa shape index (κ3) is 3.32. The molecule has 1 amide bonds. The first-order valence-corrected chi connectivity index (χ1v) is 9.83. The van der Waals surface area contributed by atoms with Crippen molar-refractivity contribution < 1.29 is 13.2 Å². The number of anilines is 1. The molecule has 1 aromatic heterocycles. The van der Waals surface area contributed by atoms with E-state index in [0.717, 1.165) is 25.7 Å². The molecule has 0 spiro atoms. The number of pyridine rings is 1. The third-order valence-corrected chi connectivity index (χ3v) is 6.41. The van der Waals surface area contributed by atoms with E-state index in [1.165, 1.54) is 6.42 Å². The average Bonchev–Trinajstić information content (AvgIpc) is 2.89. The van der Waals surface area contributed by atoms with E-state index in [0.29, 0.717) is 12.2 Å². The van der Waals surface area contributed by atoms with E-state index < -0.39 is 9.84 Å². The average molecular weight is 322 g/mol. The zero-order chi connectivity index (χ0) is 15.6. The predicted octanol–water partition coefficient (Wildman–Crippen LogP) is 2.18. The smallest absolute Gasteiger partial charge is 0.231 e. The second-order valence-electron chi connectivity index (χ2n) is 6.29. The van der Waals surface area contributed by atoms with Crippen LogP contribution in [0.1, 0.15) is 38.5 Å². The summed E-state index contributed by atoms with van der Waals surface area (Å²) in [7, 11) is -3.03. The molecule has 0 aromatic carbocycles. The standard InChI is InChI=1S/C16H22N2O3S/c19-16(13-6-2-1-3-7-13)18(15-8-4-5-10-17-15)14-9-11-22(20,21)12-14/h4-5,8,10,13-14H,1-3,6-7,9,11-12H2. The van der Waals surface area contributed by atoms with Gasteiger partial charge in [-0.1, -0.05) is 25.3 Å². The summed E-state index contributed by atoms with van der Waals surface area (Å²) in [5, 5.41) is 0. The van der Waals surface area contributed by atoms with Crippen LogP contribution in [0.3, 0.4) is 0 Å². The minimum Gasteiger partial charge on any atom is -0.292 e. The van der Waals surface area contributed by atoms with Crippen LogP contribution in [0, 0.1) is 5.92 Å². The molecule has 1 saturated heterocycles. The van der Waals surface area contributed by atoms with Crippen LogP contribution in [0.2, 0.25) is 0 Å². The Labute approximate surface area is 131 Å². The summed E-state index contributed by atoms with van der Waals surface area (Å²) >= 11 is 0. The lowest BCUT2D eigenvalue weighted by Crippen LogP contribution is -2.45. The van der Waals surface area contributed by atoms with Crippen molar-refractivity contribution in [3.63, 3.8) is 0 Å². The Bertz CT molecular complexity index is 624. The number of amides is 1. The maximum absolute atomic E-state index is 13.0. The van der Waals surface area contributed by atoms with Gasteiger partial charge in [-0.15, -0.1) is 0 Å². The van der Waals surface area contributed by atoms with E-state index in [9.17, 15) is 13.2 Å². The van der Waals surface area contributed by atoms with Gasteiger partial charge in [0.05, 0.1) is 17.5 Å². The zero-order valence-corrected chi connectivity index (χ0v) is 13.5. The van der Waals surface area contributed by atoms with Crippen molar-refractivity contribution in [1.29, 1.82) is 0 Å². The molecule has 2 aliphatic rings. The summed E-state index contributed by atoms with van der Waals surface area (Å²) in [5.74, 6) is 0.876. The van der Waals surface area contributed by atoms with Crippen molar-refractivity contribution in [2.24, 2.45) is 5.92 Å². The molecule has 1 aromatic rings. The Morgan fingerprint density at radius 2 is 1.91 bits per heavy atom. The largest absolute Gasteiger partial charge is 0.292 e. The lowest BCUT2D eigenvalue weighted by molar-refractivity contribution is -0.123. The van der Waals surface area contributed by atoms with Crippen LogP contribution >= 0.6 is 0 Å². The van der Waals surface area contributed by atoms with E-state index >= 15 is 0 Å². The minimum atomic E-state index is -3.03. The molecule has 0 bridgehead atoms. The highest BCUT2D eigenvalue weighted by atomic mass is 32.2. The number of rotatable bonds is 3. The quantitative estimate of drug-likeness (QED) is 0.855. The molecule has 1 atom stereocenters. The molecule has 2 heterocycles. The number of hydrogen-bond acceptors (Lipinski definition) is 4. The SMILES string of the molecule is O=C(C1CCCCC1)N(c1ccccn1)C1CCS(=O)(=O)C1. The third-order valence-electron chi connectivity index (χ3n) is 4.66. The first kappa shape index (κ1) is 15.5. The molecule has 1 aliphatic carbocycles. The molecule has 1 saturated carbocycles. The Morgan fingerprint density at radius 3 is 2.50 bits per heavy atom. The topological polar surface area (TPSA) is 67.3 Å². The van der Waals surface area contributed by atoms with Crippen LogP contribution in [0.4, 0.5) is 5.82 Å². The summed E-state index contributed by atoms with van der Waals surface area (Å²) in [6.07, 6.45) is 7.32. The normalized spacial score (nSPS) is 25.0. The van der Waals surface area contributed by atoms with Gasteiger partial charge in [0.2, 0.25) is 5.91 Å². The van der Waals surface area contributed by atoms with E-state index in [-0.39, 0.29) is 29.4 Å². The fourth-order valence-electron chi connectivity index (χ4n) is 3.50. The van der Waals surface area contributed by atoms with E-state index in [2.05, 4.69) is 4.98 Å². The number of hydrogen-bond donors (Lipinski definition) is 0. The Kier molecular flexibility index (Phi) is 4.47. The summed E-state index contributed by atoms with van der Waals surface area (Å²) in [6, 6.07) is 5.17. The molecule has 0 N–H and O–H groups in total. The molecule has 5 nitrogen and oxygen atoms in total. The van der Waals surface area contributed by atoms with E-state index in [1.54, 1.807) is 23.2 Å². The van der Waals surface area contributed by atoms with Crippen LogP contribution in [-0.4, -0.2) is 36.9 Å². The van der Waals surface area contributed by atoms with Gasteiger partial charge in [-0.3, -0.25) is 9.69 Å². The monoisotopic (exact) mass is 322 g/mol. The molecule has 3 rings (SSSR count). The number of aromatic nitrogens is 1. The van der Waals surface area contributed by atoms with Gasteiger partial charge in [0.1, 0.15) is 5.82 Å². The van der Waals surface area contributed by atoms with Crippen molar-refractivity contribution in [3.8, 4) is 0 Å². The van der Waals surface area contributed by atoms with Crippen molar-refractivity contribution in [2.75, 3.05) is 16.4 Å².